The Bertz CT molecular complexity index is 1010. The lowest BCUT2D eigenvalue weighted by Gasteiger charge is -2.10. The first kappa shape index (κ1) is 18.6. The highest BCUT2D eigenvalue weighted by Crippen LogP contribution is 2.27. The Kier molecular flexibility index (Phi) is 5.52. The predicted molar refractivity (Wildman–Crippen MR) is 104 cm³/mol. The van der Waals surface area contributed by atoms with Crippen molar-refractivity contribution in [2.24, 2.45) is 5.73 Å². The lowest BCUT2D eigenvalue weighted by atomic mass is 10.1. The van der Waals surface area contributed by atoms with Crippen molar-refractivity contribution in [3.63, 3.8) is 0 Å². The van der Waals surface area contributed by atoms with Gasteiger partial charge < -0.3 is 15.8 Å². The third-order valence-corrected chi connectivity index (χ3v) is 4.20. The summed E-state index contributed by atoms with van der Waals surface area (Å²) in [6.45, 7) is 0. The van der Waals surface area contributed by atoms with Gasteiger partial charge in [-0.05, 0) is 54.6 Å². The number of hydrogen-bond acceptors (Lipinski definition) is 3. The highest BCUT2D eigenvalue weighted by molar-refractivity contribution is 9.10. The number of rotatable bonds is 5. The molecular weight excluding hydrogens is 415 g/mol. The van der Waals surface area contributed by atoms with Gasteiger partial charge in [-0.15, -0.1) is 0 Å². The van der Waals surface area contributed by atoms with E-state index in [9.17, 15) is 14.0 Å². The number of carbonyl (C=O) groups is 2. The van der Waals surface area contributed by atoms with Crippen LogP contribution in [-0.2, 0) is 0 Å². The maximum atomic E-state index is 14.3. The fraction of sp³-hybridized carbons (Fsp3) is 0. The maximum Gasteiger partial charge on any atom is 0.255 e. The van der Waals surface area contributed by atoms with Crippen molar-refractivity contribution in [3.8, 4) is 11.5 Å². The van der Waals surface area contributed by atoms with Crippen molar-refractivity contribution in [2.75, 3.05) is 5.32 Å². The summed E-state index contributed by atoms with van der Waals surface area (Å²) in [4.78, 5) is 23.8. The van der Waals surface area contributed by atoms with Gasteiger partial charge in [0.1, 0.15) is 5.75 Å². The van der Waals surface area contributed by atoms with Gasteiger partial charge in [0.15, 0.2) is 11.6 Å². The summed E-state index contributed by atoms with van der Waals surface area (Å²) in [6.07, 6.45) is 0. The van der Waals surface area contributed by atoms with E-state index in [2.05, 4.69) is 21.2 Å². The minimum atomic E-state index is -0.686. The summed E-state index contributed by atoms with van der Waals surface area (Å²) < 4.78 is 20.7. The molecule has 0 atom stereocenters. The third-order valence-electron chi connectivity index (χ3n) is 3.68. The van der Waals surface area contributed by atoms with Crippen LogP contribution < -0.4 is 15.8 Å². The average Bonchev–Trinajstić information content (AvgIpc) is 2.65. The van der Waals surface area contributed by atoms with Gasteiger partial charge in [0.05, 0.1) is 11.3 Å². The fourth-order valence-electron chi connectivity index (χ4n) is 2.36. The number of nitrogens with one attached hydrogen (secondary N) is 1. The molecule has 3 aromatic carbocycles. The smallest absolute Gasteiger partial charge is 0.255 e. The van der Waals surface area contributed by atoms with Crippen molar-refractivity contribution < 1.29 is 18.7 Å². The molecular formula is C20H14BrFN2O3. The largest absolute Gasteiger partial charge is 0.454 e. The Morgan fingerprint density at radius 2 is 1.70 bits per heavy atom. The summed E-state index contributed by atoms with van der Waals surface area (Å²) in [7, 11) is 0. The molecule has 0 spiro atoms. The van der Waals surface area contributed by atoms with E-state index in [1.165, 1.54) is 18.2 Å². The lowest BCUT2D eigenvalue weighted by Crippen LogP contribution is -2.18. The topological polar surface area (TPSA) is 81.4 Å². The molecule has 0 saturated heterocycles. The zero-order valence-corrected chi connectivity index (χ0v) is 15.5. The Hall–Kier alpha value is -3.19. The number of hydrogen-bond donors (Lipinski definition) is 2. The molecule has 3 aromatic rings. The van der Waals surface area contributed by atoms with Crippen LogP contribution in [0.2, 0.25) is 0 Å². The molecule has 0 aliphatic heterocycles. The monoisotopic (exact) mass is 428 g/mol. The van der Waals surface area contributed by atoms with Crippen LogP contribution >= 0.6 is 15.9 Å². The number of halogens is 2. The van der Waals surface area contributed by atoms with Crippen LogP contribution in [0, 0.1) is 5.82 Å². The van der Waals surface area contributed by atoms with Crippen LogP contribution in [0.15, 0.2) is 71.2 Å². The van der Waals surface area contributed by atoms with E-state index in [4.69, 9.17) is 10.5 Å². The fourth-order valence-corrected chi connectivity index (χ4v) is 2.62. The standard InChI is InChI=1S/C20H14BrFN2O3/c21-13-6-8-14(9-7-13)27-18-10-5-12(11-16(18)22)20(26)24-17-4-2-1-3-15(17)19(23)25/h1-11H,(H2,23,25)(H,24,26). The Morgan fingerprint density at radius 3 is 2.37 bits per heavy atom. The zero-order valence-electron chi connectivity index (χ0n) is 13.9. The molecule has 0 heterocycles. The van der Waals surface area contributed by atoms with Crippen LogP contribution in [-0.4, -0.2) is 11.8 Å². The molecule has 7 heteroatoms. The highest BCUT2D eigenvalue weighted by atomic mass is 79.9. The van der Waals surface area contributed by atoms with Crippen molar-refractivity contribution in [1.29, 1.82) is 0 Å². The highest BCUT2D eigenvalue weighted by Gasteiger charge is 2.14. The van der Waals surface area contributed by atoms with E-state index in [0.717, 1.165) is 10.5 Å². The molecule has 0 saturated carbocycles. The van der Waals surface area contributed by atoms with Gasteiger partial charge in [-0.2, -0.15) is 0 Å². The van der Waals surface area contributed by atoms with Crippen molar-refractivity contribution in [1.82, 2.24) is 0 Å². The number of anilines is 1. The van der Waals surface area contributed by atoms with E-state index in [1.54, 1.807) is 42.5 Å². The number of nitrogens with two attached hydrogens (primary N) is 1. The first-order valence-corrected chi connectivity index (χ1v) is 8.66. The number of benzene rings is 3. The van der Waals surface area contributed by atoms with Gasteiger partial charge in [-0.25, -0.2) is 4.39 Å². The Morgan fingerprint density at radius 1 is 1.00 bits per heavy atom. The quantitative estimate of drug-likeness (QED) is 0.615. The second kappa shape index (κ2) is 8.01. The van der Waals surface area contributed by atoms with Crippen molar-refractivity contribution in [3.05, 3.63) is 88.1 Å². The molecule has 2 amide bonds. The van der Waals surface area contributed by atoms with E-state index >= 15 is 0 Å². The van der Waals surface area contributed by atoms with E-state index in [0.29, 0.717) is 5.75 Å². The van der Waals surface area contributed by atoms with Gasteiger partial charge in [0.2, 0.25) is 0 Å². The minimum absolute atomic E-state index is 0.00796. The van der Waals surface area contributed by atoms with Gasteiger partial charge in [0, 0.05) is 10.0 Å². The van der Waals surface area contributed by atoms with Crippen LogP contribution in [0.25, 0.3) is 0 Å². The van der Waals surface area contributed by atoms with Gasteiger partial charge in [0.25, 0.3) is 11.8 Å². The molecule has 0 radical (unpaired) electrons. The number of amides is 2. The SMILES string of the molecule is NC(=O)c1ccccc1NC(=O)c1ccc(Oc2ccc(Br)cc2)c(F)c1. The van der Waals surface area contributed by atoms with E-state index in [1.807, 2.05) is 0 Å². The average molecular weight is 429 g/mol. The molecule has 0 aromatic heterocycles. The van der Waals surface area contributed by atoms with Crippen molar-refractivity contribution in [2.45, 2.75) is 0 Å². The lowest BCUT2D eigenvalue weighted by molar-refractivity contribution is 0.100. The molecule has 3 N–H and O–H groups in total. The van der Waals surface area contributed by atoms with E-state index < -0.39 is 17.6 Å². The second-order valence-corrected chi connectivity index (χ2v) is 6.48. The minimum Gasteiger partial charge on any atom is -0.454 e. The summed E-state index contributed by atoms with van der Waals surface area (Å²) in [5.41, 5.74) is 5.79. The molecule has 0 bridgehead atoms. The Labute approximate surface area is 163 Å². The van der Waals surface area contributed by atoms with Crippen LogP contribution in [0.1, 0.15) is 20.7 Å². The van der Waals surface area contributed by atoms with Crippen molar-refractivity contribution >= 4 is 33.4 Å². The summed E-state index contributed by atoms with van der Waals surface area (Å²) in [5, 5.41) is 2.56. The molecule has 0 aliphatic rings. The first-order chi connectivity index (χ1) is 12.9. The van der Waals surface area contributed by atoms with Gasteiger partial charge >= 0.3 is 0 Å². The third kappa shape index (κ3) is 4.51. The van der Waals surface area contributed by atoms with Crippen LogP contribution in [0.5, 0.6) is 11.5 Å². The van der Waals surface area contributed by atoms with Gasteiger partial charge in [-0.3, -0.25) is 9.59 Å². The normalized spacial score (nSPS) is 10.3. The van der Waals surface area contributed by atoms with Crippen LogP contribution in [0.3, 0.4) is 0 Å². The number of para-hydroxylation sites is 1. The molecule has 0 aliphatic carbocycles. The van der Waals surface area contributed by atoms with E-state index in [-0.39, 0.29) is 22.6 Å². The summed E-state index contributed by atoms with van der Waals surface area (Å²) >= 11 is 3.31. The zero-order chi connectivity index (χ0) is 19.4. The molecule has 0 unspecified atom stereocenters. The molecule has 0 fully saturated rings. The molecule has 5 nitrogen and oxygen atoms in total. The first-order valence-electron chi connectivity index (χ1n) is 7.87. The molecule has 27 heavy (non-hydrogen) atoms. The predicted octanol–water partition coefficient (Wildman–Crippen LogP) is 4.73. The van der Waals surface area contributed by atoms with Crippen LogP contribution in [0.4, 0.5) is 10.1 Å². The summed E-state index contributed by atoms with van der Waals surface area (Å²) in [5.74, 6) is -1.47. The van der Waals surface area contributed by atoms with Gasteiger partial charge in [-0.1, -0.05) is 28.1 Å². The number of carbonyl (C=O) groups excluding carboxylic acids is 2. The second-order valence-electron chi connectivity index (χ2n) is 5.57. The summed E-state index contributed by atoms with van der Waals surface area (Å²) in [6, 6.07) is 17.1. The maximum absolute atomic E-state index is 14.3. The number of primary amides is 1. The molecule has 3 rings (SSSR count). The Balaban J connectivity index is 1.78. The number of ether oxygens (including phenoxy) is 1. The molecule has 136 valence electrons.